The van der Waals surface area contributed by atoms with Crippen molar-refractivity contribution in [3.05, 3.63) is 64.7 Å². The van der Waals surface area contributed by atoms with Crippen LogP contribution >= 0.6 is 0 Å². The molecule has 2 aromatic carbocycles. The van der Waals surface area contributed by atoms with Gasteiger partial charge in [0, 0.05) is 24.2 Å². The molecule has 0 aromatic heterocycles. The molecule has 0 saturated heterocycles. The molecule has 174 valence electrons. The van der Waals surface area contributed by atoms with Crippen molar-refractivity contribution in [3.63, 3.8) is 0 Å². The SMILES string of the molecule is O=C(NCC(O)CO)c1cc(C(=O)NCC(O)CO)cc(N2C(=O)c3ccccc3C2=O)c1. The van der Waals surface area contributed by atoms with Gasteiger partial charge in [0.25, 0.3) is 23.6 Å². The molecule has 4 amide bonds. The van der Waals surface area contributed by atoms with Crippen molar-refractivity contribution in [3.8, 4) is 0 Å². The molecule has 0 saturated carbocycles. The van der Waals surface area contributed by atoms with Gasteiger partial charge in [0.2, 0.25) is 0 Å². The number of hydrogen-bond donors (Lipinski definition) is 6. The van der Waals surface area contributed by atoms with Gasteiger partial charge in [0.05, 0.1) is 42.2 Å². The van der Waals surface area contributed by atoms with Gasteiger partial charge in [0.15, 0.2) is 0 Å². The Kier molecular flexibility index (Phi) is 7.51. The van der Waals surface area contributed by atoms with Gasteiger partial charge in [0.1, 0.15) is 0 Å². The summed E-state index contributed by atoms with van der Waals surface area (Å²) in [5, 5.41) is 41.6. The molecule has 11 nitrogen and oxygen atoms in total. The first-order valence-electron chi connectivity index (χ1n) is 10.0. The molecule has 2 atom stereocenters. The predicted octanol–water partition coefficient (Wildman–Crippen LogP) is -1.35. The van der Waals surface area contributed by atoms with E-state index in [2.05, 4.69) is 10.6 Å². The zero-order valence-electron chi connectivity index (χ0n) is 17.4. The number of aliphatic hydroxyl groups excluding tert-OH is 4. The lowest BCUT2D eigenvalue weighted by Crippen LogP contribution is -2.36. The minimum atomic E-state index is -1.20. The van der Waals surface area contributed by atoms with Gasteiger partial charge in [-0.2, -0.15) is 0 Å². The van der Waals surface area contributed by atoms with E-state index < -0.39 is 49.1 Å². The zero-order chi connectivity index (χ0) is 24.1. The number of anilines is 1. The standard InChI is InChI=1S/C22H23N3O8/c26-10-15(28)8-23-19(30)12-5-13(20(31)24-9-16(29)11-27)7-14(6-12)25-21(32)17-3-1-2-4-18(17)22(25)33/h1-7,15-16,26-29H,8-11H2,(H,23,30)(H,24,31). The maximum Gasteiger partial charge on any atom is 0.266 e. The highest BCUT2D eigenvalue weighted by molar-refractivity contribution is 6.34. The van der Waals surface area contributed by atoms with Crippen molar-refractivity contribution in [2.45, 2.75) is 12.2 Å². The molecule has 0 bridgehead atoms. The van der Waals surface area contributed by atoms with Crippen molar-refractivity contribution in [1.82, 2.24) is 10.6 Å². The molecule has 11 heteroatoms. The second kappa shape index (κ2) is 10.3. The van der Waals surface area contributed by atoms with Crippen LogP contribution in [0.2, 0.25) is 0 Å². The second-order valence-corrected chi connectivity index (χ2v) is 7.35. The van der Waals surface area contributed by atoms with E-state index in [-0.39, 0.29) is 41.0 Å². The third-order valence-corrected chi connectivity index (χ3v) is 4.91. The highest BCUT2D eigenvalue weighted by Gasteiger charge is 2.37. The topological polar surface area (TPSA) is 176 Å². The number of aliphatic hydroxyl groups is 4. The van der Waals surface area contributed by atoms with Crippen LogP contribution in [0.25, 0.3) is 0 Å². The first-order chi connectivity index (χ1) is 15.8. The van der Waals surface area contributed by atoms with Gasteiger partial charge >= 0.3 is 0 Å². The van der Waals surface area contributed by atoms with Gasteiger partial charge in [-0.05, 0) is 30.3 Å². The summed E-state index contributed by atoms with van der Waals surface area (Å²) in [7, 11) is 0. The van der Waals surface area contributed by atoms with E-state index in [1.807, 2.05) is 0 Å². The third kappa shape index (κ3) is 5.23. The summed E-state index contributed by atoms with van der Waals surface area (Å²) >= 11 is 0. The van der Waals surface area contributed by atoms with Gasteiger partial charge in [-0.25, -0.2) is 4.90 Å². The summed E-state index contributed by atoms with van der Waals surface area (Å²) in [5.41, 5.74) is 0.175. The van der Waals surface area contributed by atoms with Crippen molar-refractivity contribution >= 4 is 29.3 Å². The fourth-order valence-corrected chi connectivity index (χ4v) is 3.18. The Balaban J connectivity index is 1.97. The maximum atomic E-state index is 12.9. The number of hydrogen-bond acceptors (Lipinski definition) is 8. The van der Waals surface area contributed by atoms with E-state index >= 15 is 0 Å². The summed E-state index contributed by atoms with van der Waals surface area (Å²) in [4.78, 5) is 51.8. The number of fused-ring (bicyclic) bond motifs is 1. The molecular weight excluding hydrogens is 434 g/mol. The molecule has 3 rings (SSSR count). The summed E-state index contributed by atoms with van der Waals surface area (Å²) in [5.74, 6) is -2.67. The fourth-order valence-electron chi connectivity index (χ4n) is 3.18. The summed E-state index contributed by atoms with van der Waals surface area (Å²) in [6.45, 7) is -1.68. The quantitative estimate of drug-likeness (QED) is 0.251. The van der Waals surface area contributed by atoms with Gasteiger partial charge in [-0.3, -0.25) is 19.2 Å². The van der Waals surface area contributed by atoms with Gasteiger partial charge < -0.3 is 31.1 Å². The first kappa shape index (κ1) is 24.0. The maximum absolute atomic E-state index is 12.9. The average molecular weight is 457 g/mol. The van der Waals surface area contributed by atoms with Crippen LogP contribution in [-0.2, 0) is 0 Å². The van der Waals surface area contributed by atoms with Crippen LogP contribution in [0.15, 0.2) is 42.5 Å². The Bertz CT molecular complexity index is 1010. The molecule has 2 unspecified atom stereocenters. The Morgan fingerprint density at radius 1 is 0.788 bits per heavy atom. The van der Waals surface area contributed by atoms with Crippen LogP contribution in [-0.4, -0.2) is 82.6 Å². The lowest BCUT2D eigenvalue weighted by atomic mass is 10.1. The monoisotopic (exact) mass is 457 g/mol. The lowest BCUT2D eigenvalue weighted by molar-refractivity contribution is 0.0798. The Labute approximate surface area is 188 Å². The molecule has 1 aliphatic heterocycles. The predicted molar refractivity (Wildman–Crippen MR) is 115 cm³/mol. The molecule has 2 aromatic rings. The molecule has 0 aliphatic carbocycles. The molecular formula is C22H23N3O8. The van der Waals surface area contributed by atoms with Crippen LogP contribution in [0, 0.1) is 0 Å². The van der Waals surface area contributed by atoms with Crippen LogP contribution in [0.4, 0.5) is 5.69 Å². The van der Waals surface area contributed by atoms with Gasteiger partial charge in [-0.15, -0.1) is 0 Å². The lowest BCUT2D eigenvalue weighted by Gasteiger charge is -2.18. The van der Waals surface area contributed by atoms with Crippen molar-refractivity contribution in [2.75, 3.05) is 31.2 Å². The van der Waals surface area contributed by atoms with E-state index in [1.165, 1.54) is 30.3 Å². The number of carbonyl (C=O) groups excluding carboxylic acids is 4. The van der Waals surface area contributed by atoms with Crippen molar-refractivity contribution < 1.29 is 39.6 Å². The Morgan fingerprint density at radius 2 is 1.21 bits per heavy atom. The molecule has 33 heavy (non-hydrogen) atoms. The minimum Gasteiger partial charge on any atom is -0.394 e. The van der Waals surface area contributed by atoms with E-state index in [4.69, 9.17) is 10.2 Å². The number of nitrogens with zero attached hydrogens (tertiary/aromatic N) is 1. The number of rotatable bonds is 9. The summed E-state index contributed by atoms with van der Waals surface area (Å²) < 4.78 is 0. The normalized spacial score (nSPS) is 14.6. The van der Waals surface area contributed by atoms with Crippen LogP contribution in [0.3, 0.4) is 0 Å². The first-order valence-corrected chi connectivity index (χ1v) is 10.0. The number of imide groups is 1. The molecule has 6 N–H and O–H groups in total. The average Bonchev–Trinajstić information content (AvgIpc) is 3.09. The Morgan fingerprint density at radius 3 is 1.61 bits per heavy atom. The summed E-state index contributed by atoms with van der Waals surface area (Å²) in [6.07, 6.45) is -2.40. The minimum absolute atomic E-state index is 0.0237. The fraction of sp³-hybridized carbons (Fsp3) is 0.273. The largest absolute Gasteiger partial charge is 0.394 e. The zero-order valence-corrected chi connectivity index (χ0v) is 17.4. The van der Waals surface area contributed by atoms with Gasteiger partial charge in [-0.1, -0.05) is 12.1 Å². The highest BCUT2D eigenvalue weighted by atomic mass is 16.3. The van der Waals surface area contributed by atoms with E-state index in [0.29, 0.717) is 0 Å². The smallest absolute Gasteiger partial charge is 0.266 e. The van der Waals surface area contributed by atoms with E-state index in [0.717, 1.165) is 4.90 Å². The highest BCUT2D eigenvalue weighted by Crippen LogP contribution is 2.30. The molecule has 1 heterocycles. The summed E-state index contributed by atoms with van der Waals surface area (Å²) in [6, 6.07) is 9.91. The molecule has 0 fully saturated rings. The molecule has 0 radical (unpaired) electrons. The van der Waals surface area contributed by atoms with E-state index in [9.17, 15) is 29.4 Å². The third-order valence-electron chi connectivity index (χ3n) is 4.91. The number of nitrogens with one attached hydrogen (secondary N) is 2. The molecule has 1 aliphatic rings. The Hall–Kier alpha value is -3.64. The molecule has 0 spiro atoms. The number of carbonyl (C=O) groups is 4. The van der Waals surface area contributed by atoms with E-state index in [1.54, 1.807) is 12.1 Å². The van der Waals surface area contributed by atoms with Crippen molar-refractivity contribution in [1.29, 1.82) is 0 Å². The van der Waals surface area contributed by atoms with Crippen LogP contribution in [0.1, 0.15) is 41.4 Å². The van der Waals surface area contributed by atoms with Crippen molar-refractivity contribution in [2.24, 2.45) is 0 Å². The van der Waals surface area contributed by atoms with Crippen LogP contribution in [0.5, 0.6) is 0 Å². The second-order valence-electron chi connectivity index (χ2n) is 7.35. The number of benzene rings is 2. The van der Waals surface area contributed by atoms with Crippen LogP contribution < -0.4 is 15.5 Å². The number of amides is 4.